The maximum absolute atomic E-state index is 9.25. The Kier molecular flexibility index (Phi) is 6.22. The second kappa shape index (κ2) is 9.00. The zero-order valence-electron chi connectivity index (χ0n) is 15.3. The molecule has 1 aromatic carbocycles. The predicted octanol–water partition coefficient (Wildman–Crippen LogP) is 4.11. The molecule has 0 spiro atoms. The first-order valence-corrected chi connectivity index (χ1v) is 9.04. The minimum absolute atomic E-state index is 0.150. The summed E-state index contributed by atoms with van der Waals surface area (Å²) in [5.74, 6) is 0.381. The largest absolute Gasteiger partial charge is 0.390 e. The Hall–Kier alpha value is -3.12. The Balaban J connectivity index is 1.92. The van der Waals surface area contributed by atoms with Gasteiger partial charge in [0.1, 0.15) is 0 Å². The lowest BCUT2D eigenvalue weighted by atomic mass is 10.1. The molecule has 0 radical (unpaired) electrons. The Morgan fingerprint density at radius 2 is 2.00 bits per heavy atom. The zero-order valence-corrected chi connectivity index (χ0v) is 15.3. The molecule has 6 heteroatoms. The third-order valence-corrected chi connectivity index (χ3v) is 4.22. The highest BCUT2D eigenvalue weighted by Crippen LogP contribution is 2.26. The van der Waals surface area contributed by atoms with E-state index in [9.17, 15) is 5.11 Å². The van der Waals surface area contributed by atoms with Crippen molar-refractivity contribution in [2.24, 2.45) is 0 Å². The van der Waals surface area contributed by atoms with E-state index in [2.05, 4.69) is 28.3 Å². The summed E-state index contributed by atoms with van der Waals surface area (Å²) in [4.78, 5) is 13.2. The van der Waals surface area contributed by atoms with Crippen LogP contribution in [0.3, 0.4) is 0 Å². The summed E-state index contributed by atoms with van der Waals surface area (Å²) in [6.45, 7) is 2.02. The highest BCUT2D eigenvalue weighted by molar-refractivity contribution is 5.89. The van der Waals surface area contributed by atoms with Crippen LogP contribution in [0.1, 0.15) is 36.7 Å². The average molecular weight is 361 g/mol. The fourth-order valence-electron chi connectivity index (χ4n) is 2.75. The first kappa shape index (κ1) is 18.7. The molecule has 0 saturated heterocycles. The number of unbranched alkanes of at least 4 members (excludes halogenated alkanes) is 1. The fourth-order valence-corrected chi connectivity index (χ4v) is 2.75. The van der Waals surface area contributed by atoms with Crippen LogP contribution in [0.15, 0.2) is 48.7 Å². The highest BCUT2D eigenvalue weighted by Gasteiger charge is 2.08. The van der Waals surface area contributed by atoms with Crippen molar-refractivity contribution >= 4 is 17.9 Å². The lowest BCUT2D eigenvalue weighted by Gasteiger charge is -2.11. The van der Waals surface area contributed by atoms with Crippen molar-refractivity contribution in [2.45, 2.75) is 32.8 Å². The van der Waals surface area contributed by atoms with Gasteiger partial charge in [-0.25, -0.2) is 9.97 Å². The minimum atomic E-state index is -0.150. The summed E-state index contributed by atoms with van der Waals surface area (Å²) < 4.78 is 0. The van der Waals surface area contributed by atoms with Gasteiger partial charge in [-0.05, 0) is 37.1 Å². The van der Waals surface area contributed by atoms with Gasteiger partial charge in [-0.15, -0.1) is 0 Å². The van der Waals surface area contributed by atoms with Gasteiger partial charge >= 0.3 is 0 Å². The van der Waals surface area contributed by atoms with Crippen molar-refractivity contribution in [3.05, 3.63) is 65.6 Å². The molecule has 0 aliphatic rings. The molecule has 3 rings (SSSR count). The number of aliphatic hydroxyl groups is 1. The van der Waals surface area contributed by atoms with Crippen LogP contribution in [-0.2, 0) is 13.0 Å². The molecule has 3 aromatic rings. The maximum Gasteiger partial charge on any atom is 0.227 e. The summed E-state index contributed by atoms with van der Waals surface area (Å²) in [6.07, 6.45) is 6.10. The van der Waals surface area contributed by atoms with E-state index in [1.165, 1.54) is 6.21 Å². The number of hydrogen-bond acceptors (Lipinski definition) is 6. The number of benzene rings is 1. The molecule has 6 nitrogen and oxygen atoms in total. The lowest BCUT2D eigenvalue weighted by Crippen LogP contribution is -2.02. The van der Waals surface area contributed by atoms with Crippen molar-refractivity contribution in [1.29, 1.82) is 5.41 Å². The van der Waals surface area contributed by atoms with Crippen molar-refractivity contribution in [2.75, 3.05) is 5.32 Å². The van der Waals surface area contributed by atoms with Gasteiger partial charge in [0.25, 0.3) is 0 Å². The van der Waals surface area contributed by atoms with Crippen molar-refractivity contribution in [1.82, 2.24) is 15.0 Å². The van der Waals surface area contributed by atoms with E-state index in [1.54, 1.807) is 12.3 Å². The molecular weight excluding hydrogens is 338 g/mol. The van der Waals surface area contributed by atoms with E-state index in [0.717, 1.165) is 47.5 Å². The summed E-state index contributed by atoms with van der Waals surface area (Å²) in [7, 11) is 0. The van der Waals surface area contributed by atoms with Crippen LogP contribution in [-0.4, -0.2) is 26.3 Å². The van der Waals surface area contributed by atoms with Gasteiger partial charge in [0, 0.05) is 29.2 Å². The normalized spacial score (nSPS) is 10.6. The average Bonchev–Trinajstić information content (AvgIpc) is 2.72. The van der Waals surface area contributed by atoms with Gasteiger partial charge in [-0.2, -0.15) is 0 Å². The number of aliphatic hydroxyl groups excluding tert-OH is 1. The van der Waals surface area contributed by atoms with Gasteiger partial charge in [0.2, 0.25) is 5.95 Å². The zero-order chi connectivity index (χ0) is 19.1. The van der Waals surface area contributed by atoms with Gasteiger partial charge in [-0.3, -0.25) is 4.98 Å². The molecular formula is C21H23N5O. The Morgan fingerprint density at radius 1 is 1.11 bits per heavy atom. The van der Waals surface area contributed by atoms with Crippen molar-refractivity contribution < 1.29 is 5.11 Å². The molecule has 0 saturated carbocycles. The second-order valence-electron chi connectivity index (χ2n) is 6.22. The quantitative estimate of drug-likeness (QED) is 0.525. The molecule has 0 aliphatic carbocycles. The molecule has 0 amide bonds. The van der Waals surface area contributed by atoms with Crippen molar-refractivity contribution in [3.8, 4) is 11.3 Å². The van der Waals surface area contributed by atoms with Crippen LogP contribution in [0.2, 0.25) is 0 Å². The van der Waals surface area contributed by atoms with E-state index in [1.807, 2.05) is 30.3 Å². The molecule has 2 heterocycles. The highest BCUT2D eigenvalue weighted by atomic mass is 16.3. The molecule has 0 fully saturated rings. The molecule has 27 heavy (non-hydrogen) atoms. The molecule has 138 valence electrons. The number of nitrogens with one attached hydrogen (secondary N) is 2. The summed E-state index contributed by atoms with van der Waals surface area (Å²) in [5, 5.41) is 20.0. The van der Waals surface area contributed by atoms with Crippen LogP contribution in [0.4, 0.5) is 11.6 Å². The number of aryl methyl sites for hydroxylation is 1. The minimum Gasteiger partial charge on any atom is -0.390 e. The number of rotatable bonds is 8. The van der Waals surface area contributed by atoms with E-state index in [-0.39, 0.29) is 6.61 Å². The van der Waals surface area contributed by atoms with Crippen LogP contribution in [0.25, 0.3) is 11.3 Å². The molecule has 0 atom stereocenters. The van der Waals surface area contributed by atoms with Crippen LogP contribution < -0.4 is 5.32 Å². The number of pyridine rings is 1. The van der Waals surface area contributed by atoms with Gasteiger partial charge in [-0.1, -0.05) is 31.5 Å². The first-order chi connectivity index (χ1) is 13.2. The van der Waals surface area contributed by atoms with Gasteiger partial charge in [0.05, 0.1) is 23.7 Å². The predicted molar refractivity (Wildman–Crippen MR) is 107 cm³/mol. The van der Waals surface area contributed by atoms with Crippen LogP contribution in [0.5, 0.6) is 0 Å². The van der Waals surface area contributed by atoms with E-state index >= 15 is 0 Å². The Morgan fingerprint density at radius 3 is 2.78 bits per heavy atom. The van der Waals surface area contributed by atoms with E-state index in [0.29, 0.717) is 11.6 Å². The first-order valence-electron chi connectivity index (χ1n) is 9.04. The SMILES string of the molecule is CCCCc1cccc(-c2ccc(C=N)c(Nc3nccc(CO)n3)c2)n1. The van der Waals surface area contributed by atoms with Crippen LogP contribution in [0, 0.1) is 5.41 Å². The molecule has 0 unspecified atom stereocenters. The molecule has 0 bridgehead atoms. The summed E-state index contributed by atoms with van der Waals surface area (Å²) in [6, 6.07) is 13.5. The summed E-state index contributed by atoms with van der Waals surface area (Å²) in [5.41, 5.74) is 4.91. The fraction of sp³-hybridized carbons (Fsp3) is 0.238. The van der Waals surface area contributed by atoms with Gasteiger partial charge in [0.15, 0.2) is 0 Å². The second-order valence-corrected chi connectivity index (χ2v) is 6.22. The van der Waals surface area contributed by atoms with Crippen molar-refractivity contribution in [3.63, 3.8) is 0 Å². The van der Waals surface area contributed by atoms with Crippen LogP contribution >= 0.6 is 0 Å². The standard InChI is InChI=1S/C21H23N5O/c1-2-3-5-17-6-4-7-19(24-17)15-8-9-16(13-22)20(12-15)26-21-23-11-10-18(14-27)25-21/h4,6-13,22,27H,2-3,5,14H2,1H3,(H,23,25,26). The number of nitrogens with zero attached hydrogens (tertiary/aromatic N) is 3. The third kappa shape index (κ3) is 4.74. The Labute approximate surface area is 158 Å². The Bertz CT molecular complexity index is 926. The lowest BCUT2D eigenvalue weighted by molar-refractivity contribution is 0.277. The topological polar surface area (TPSA) is 94.8 Å². The van der Waals surface area contributed by atoms with Gasteiger partial charge < -0.3 is 15.8 Å². The number of aromatic nitrogens is 3. The smallest absolute Gasteiger partial charge is 0.227 e. The van der Waals surface area contributed by atoms with E-state index in [4.69, 9.17) is 10.4 Å². The molecule has 0 aliphatic heterocycles. The molecule has 2 aromatic heterocycles. The number of anilines is 2. The maximum atomic E-state index is 9.25. The van der Waals surface area contributed by atoms with E-state index < -0.39 is 0 Å². The third-order valence-electron chi connectivity index (χ3n) is 4.22. The summed E-state index contributed by atoms with van der Waals surface area (Å²) >= 11 is 0. The monoisotopic (exact) mass is 361 g/mol. The number of hydrogen-bond donors (Lipinski definition) is 3. The molecule has 3 N–H and O–H groups in total.